The van der Waals surface area contributed by atoms with Crippen LogP contribution in [0.25, 0.3) is 0 Å². The minimum absolute atomic E-state index is 0.269. The molecule has 1 aliphatic rings. The minimum Gasteiger partial charge on any atom is -0.368 e. The van der Waals surface area contributed by atoms with E-state index in [2.05, 4.69) is 56.0 Å². The van der Waals surface area contributed by atoms with E-state index in [1.165, 1.54) is 22.4 Å². The Bertz CT molecular complexity index is 718. The van der Waals surface area contributed by atoms with Gasteiger partial charge < -0.3 is 9.80 Å². The fourth-order valence-corrected chi connectivity index (χ4v) is 3.57. The molecule has 0 radical (unpaired) electrons. The van der Waals surface area contributed by atoms with Crippen LogP contribution >= 0.6 is 0 Å². The first-order chi connectivity index (χ1) is 12.1. The van der Waals surface area contributed by atoms with Gasteiger partial charge in [-0.1, -0.05) is 49.4 Å². The van der Waals surface area contributed by atoms with Gasteiger partial charge in [0.25, 0.3) is 0 Å². The SMILES string of the molecule is Cc1cccc(N2CCN(C(=O)CC(C)c3ccccc3)CC2)c1C. The minimum atomic E-state index is 0.269. The van der Waals surface area contributed by atoms with E-state index in [9.17, 15) is 4.79 Å². The molecular formula is C22H28N2O. The van der Waals surface area contributed by atoms with Crippen LogP contribution < -0.4 is 4.90 Å². The highest BCUT2D eigenvalue weighted by atomic mass is 16.2. The van der Waals surface area contributed by atoms with Crippen molar-refractivity contribution in [2.45, 2.75) is 33.1 Å². The van der Waals surface area contributed by atoms with Crippen molar-refractivity contribution in [1.82, 2.24) is 4.90 Å². The Hall–Kier alpha value is -2.29. The maximum atomic E-state index is 12.7. The molecule has 1 atom stereocenters. The molecule has 2 aromatic carbocycles. The van der Waals surface area contributed by atoms with Crippen LogP contribution in [0.4, 0.5) is 5.69 Å². The molecule has 1 aliphatic heterocycles. The van der Waals surface area contributed by atoms with Crippen molar-refractivity contribution < 1.29 is 4.79 Å². The quantitative estimate of drug-likeness (QED) is 0.837. The van der Waals surface area contributed by atoms with Crippen molar-refractivity contribution in [2.75, 3.05) is 31.1 Å². The number of nitrogens with zero attached hydrogens (tertiary/aromatic N) is 2. The maximum absolute atomic E-state index is 12.7. The van der Waals surface area contributed by atoms with Crippen LogP contribution in [0.2, 0.25) is 0 Å². The van der Waals surface area contributed by atoms with E-state index >= 15 is 0 Å². The van der Waals surface area contributed by atoms with Gasteiger partial charge in [0.1, 0.15) is 0 Å². The predicted octanol–water partition coefficient (Wildman–Crippen LogP) is 4.15. The summed E-state index contributed by atoms with van der Waals surface area (Å²) in [6, 6.07) is 16.8. The van der Waals surface area contributed by atoms with Gasteiger partial charge in [0.15, 0.2) is 0 Å². The first-order valence-electron chi connectivity index (χ1n) is 9.20. The summed E-state index contributed by atoms with van der Waals surface area (Å²) in [7, 11) is 0. The lowest BCUT2D eigenvalue weighted by Gasteiger charge is -2.37. The monoisotopic (exact) mass is 336 g/mol. The molecule has 0 saturated carbocycles. The molecule has 1 heterocycles. The van der Waals surface area contributed by atoms with Gasteiger partial charge in [-0.25, -0.2) is 0 Å². The van der Waals surface area contributed by atoms with Crippen LogP contribution in [0.15, 0.2) is 48.5 Å². The van der Waals surface area contributed by atoms with E-state index in [1.54, 1.807) is 0 Å². The smallest absolute Gasteiger partial charge is 0.223 e. The van der Waals surface area contributed by atoms with Crippen LogP contribution in [-0.2, 0) is 4.79 Å². The van der Waals surface area contributed by atoms with Gasteiger partial charge >= 0.3 is 0 Å². The Balaban J connectivity index is 1.57. The molecule has 132 valence electrons. The van der Waals surface area contributed by atoms with Gasteiger partial charge in [-0.2, -0.15) is 0 Å². The number of amides is 1. The molecule has 1 unspecified atom stereocenters. The molecule has 3 nitrogen and oxygen atoms in total. The number of rotatable bonds is 4. The third-order valence-electron chi connectivity index (χ3n) is 5.40. The lowest BCUT2D eigenvalue weighted by atomic mass is 9.97. The standard InChI is InChI=1S/C22H28N2O/c1-17-8-7-11-21(19(17)3)23-12-14-24(15-13-23)22(25)16-18(2)20-9-5-4-6-10-20/h4-11,18H,12-16H2,1-3H3. The molecular weight excluding hydrogens is 308 g/mol. The van der Waals surface area contributed by atoms with Gasteiger partial charge in [-0.05, 0) is 42.5 Å². The lowest BCUT2D eigenvalue weighted by molar-refractivity contribution is -0.131. The molecule has 1 amide bonds. The molecule has 3 rings (SSSR count). The van der Waals surface area contributed by atoms with Crippen molar-refractivity contribution >= 4 is 11.6 Å². The zero-order chi connectivity index (χ0) is 17.8. The summed E-state index contributed by atoms with van der Waals surface area (Å²) in [5, 5.41) is 0. The van der Waals surface area contributed by atoms with Crippen molar-refractivity contribution in [3.63, 3.8) is 0 Å². The third kappa shape index (κ3) is 4.04. The Morgan fingerprint density at radius 1 is 0.960 bits per heavy atom. The topological polar surface area (TPSA) is 23.6 Å². The van der Waals surface area contributed by atoms with E-state index < -0.39 is 0 Å². The highest BCUT2D eigenvalue weighted by Gasteiger charge is 2.23. The predicted molar refractivity (Wildman–Crippen MR) is 104 cm³/mol. The summed E-state index contributed by atoms with van der Waals surface area (Å²) in [4.78, 5) is 17.1. The molecule has 0 aromatic heterocycles. The summed E-state index contributed by atoms with van der Waals surface area (Å²) < 4.78 is 0. The van der Waals surface area contributed by atoms with Crippen molar-refractivity contribution in [3.05, 3.63) is 65.2 Å². The largest absolute Gasteiger partial charge is 0.368 e. The number of hydrogen-bond donors (Lipinski definition) is 0. The zero-order valence-corrected chi connectivity index (χ0v) is 15.5. The number of hydrogen-bond acceptors (Lipinski definition) is 2. The van der Waals surface area contributed by atoms with Gasteiger partial charge in [0, 0.05) is 38.3 Å². The second-order valence-corrected chi connectivity index (χ2v) is 7.10. The fourth-order valence-electron chi connectivity index (χ4n) is 3.57. The van der Waals surface area contributed by atoms with E-state index in [0.29, 0.717) is 6.42 Å². The average molecular weight is 336 g/mol. The number of carbonyl (C=O) groups excluding carboxylic acids is 1. The number of benzene rings is 2. The molecule has 1 fully saturated rings. The van der Waals surface area contributed by atoms with Crippen LogP contribution in [0.5, 0.6) is 0 Å². The highest BCUT2D eigenvalue weighted by Crippen LogP contribution is 2.25. The molecule has 0 spiro atoms. The average Bonchev–Trinajstić information content (AvgIpc) is 2.65. The Morgan fingerprint density at radius 3 is 2.32 bits per heavy atom. The fraction of sp³-hybridized carbons (Fsp3) is 0.409. The van der Waals surface area contributed by atoms with Crippen LogP contribution in [-0.4, -0.2) is 37.0 Å². The van der Waals surface area contributed by atoms with E-state index in [1.807, 2.05) is 23.1 Å². The Morgan fingerprint density at radius 2 is 1.64 bits per heavy atom. The number of aryl methyl sites for hydroxylation is 1. The first-order valence-corrected chi connectivity index (χ1v) is 9.20. The van der Waals surface area contributed by atoms with Gasteiger partial charge in [-0.3, -0.25) is 4.79 Å². The maximum Gasteiger partial charge on any atom is 0.223 e. The second-order valence-electron chi connectivity index (χ2n) is 7.10. The van der Waals surface area contributed by atoms with Crippen molar-refractivity contribution in [1.29, 1.82) is 0 Å². The number of anilines is 1. The van der Waals surface area contributed by atoms with E-state index in [4.69, 9.17) is 0 Å². The van der Waals surface area contributed by atoms with Crippen LogP contribution in [0.3, 0.4) is 0 Å². The Kier molecular flexibility index (Phi) is 5.42. The molecule has 1 saturated heterocycles. The van der Waals surface area contributed by atoms with Gasteiger partial charge in [0.05, 0.1) is 0 Å². The third-order valence-corrected chi connectivity index (χ3v) is 5.40. The molecule has 0 bridgehead atoms. The second kappa shape index (κ2) is 7.73. The molecule has 0 N–H and O–H groups in total. The lowest BCUT2D eigenvalue weighted by Crippen LogP contribution is -2.49. The molecule has 25 heavy (non-hydrogen) atoms. The molecule has 2 aromatic rings. The molecule has 3 heteroatoms. The van der Waals surface area contributed by atoms with Crippen LogP contribution in [0.1, 0.15) is 36.0 Å². The first kappa shape index (κ1) is 17.5. The van der Waals surface area contributed by atoms with Crippen LogP contribution in [0, 0.1) is 13.8 Å². The normalized spacial score (nSPS) is 16.0. The zero-order valence-electron chi connectivity index (χ0n) is 15.5. The van der Waals surface area contributed by atoms with E-state index in [-0.39, 0.29) is 11.8 Å². The Labute approximate surface area is 151 Å². The van der Waals surface area contributed by atoms with Crippen molar-refractivity contribution in [3.8, 4) is 0 Å². The highest BCUT2D eigenvalue weighted by molar-refractivity contribution is 5.77. The molecule has 0 aliphatic carbocycles. The summed E-state index contributed by atoms with van der Waals surface area (Å²) in [5.41, 5.74) is 5.22. The van der Waals surface area contributed by atoms with Crippen molar-refractivity contribution in [2.24, 2.45) is 0 Å². The summed E-state index contributed by atoms with van der Waals surface area (Å²) >= 11 is 0. The summed E-state index contributed by atoms with van der Waals surface area (Å²) in [5.74, 6) is 0.544. The summed E-state index contributed by atoms with van der Waals surface area (Å²) in [6.07, 6.45) is 0.591. The van der Waals surface area contributed by atoms with Gasteiger partial charge in [-0.15, -0.1) is 0 Å². The number of piperazine rings is 1. The van der Waals surface area contributed by atoms with Gasteiger partial charge in [0.2, 0.25) is 5.91 Å². The number of carbonyl (C=O) groups is 1. The summed E-state index contributed by atoms with van der Waals surface area (Å²) in [6.45, 7) is 9.93. The van der Waals surface area contributed by atoms with E-state index in [0.717, 1.165) is 26.2 Å².